The van der Waals surface area contributed by atoms with Crippen LogP contribution in [0.1, 0.15) is 23.4 Å². The van der Waals surface area contributed by atoms with Gasteiger partial charge in [0.2, 0.25) is 11.7 Å². The van der Waals surface area contributed by atoms with Gasteiger partial charge in [-0.2, -0.15) is 0 Å². The molecule has 0 radical (unpaired) electrons. The van der Waals surface area contributed by atoms with Crippen LogP contribution in [0.15, 0.2) is 34.9 Å². The first-order valence-corrected chi connectivity index (χ1v) is 9.52. The van der Waals surface area contributed by atoms with Crippen molar-refractivity contribution in [1.29, 1.82) is 0 Å². The summed E-state index contributed by atoms with van der Waals surface area (Å²) in [7, 11) is 0. The monoisotopic (exact) mass is 424 g/mol. The number of hydrogen-bond acceptors (Lipinski definition) is 5. The second-order valence-electron chi connectivity index (χ2n) is 6.90. The number of nitrogens with one attached hydrogen (secondary N) is 1. The van der Waals surface area contributed by atoms with E-state index >= 15 is 0 Å². The molecule has 2 saturated heterocycles. The van der Waals surface area contributed by atoms with E-state index < -0.39 is 0 Å². The van der Waals surface area contributed by atoms with Crippen molar-refractivity contribution in [3.8, 4) is 11.3 Å². The Morgan fingerprint density at radius 1 is 1.29 bits per heavy atom. The highest BCUT2D eigenvalue weighted by molar-refractivity contribution is 6.30. The fraction of sp³-hybridized carbons (Fsp3) is 0.421. The largest absolute Gasteiger partial charge is 0.350 e. The van der Waals surface area contributed by atoms with Crippen LogP contribution >= 0.6 is 24.0 Å². The number of amides is 2. The molecule has 28 heavy (non-hydrogen) atoms. The van der Waals surface area contributed by atoms with E-state index in [0.717, 1.165) is 24.9 Å². The van der Waals surface area contributed by atoms with Crippen molar-refractivity contribution in [3.05, 3.63) is 41.1 Å². The minimum atomic E-state index is -0.192. The van der Waals surface area contributed by atoms with Gasteiger partial charge in [-0.25, -0.2) is 0 Å². The zero-order valence-electron chi connectivity index (χ0n) is 15.3. The first kappa shape index (κ1) is 20.6. The molecule has 1 unspecified atom stereocenters. The van der Waals surface area contributed by atoms with Crippen molar-refractivity contribution < 1.29 is 14.1 Å². The Morgan fingerprint density at radius 3 is 2.93 bits per heavy atom. The van der Waals surface area contributed by atoms with Crippen molar-refractivity contribution in [2.75, 3.05) is 32.7 Å². The van der Waals surface area contributed by atoms with Gasteiger partial charge in [0.25, 0.3) is 5.91 Å². The number of piperazine rings is 1. The lowest BCUT2D eigenvalue weighted by atomic mass is 10.0. The third-order valence-electron chi connectivity index (χ3n) is 5.09. The van der Waals surface area contributed by atoms with Gasteiger partial charge in [0.1, 0.15) is 5.69 Å². The van der Waals surface area contributed by atoms with Gasteiger partial charge >= 0.3 is 0 Å². The highest BCUT2D eigenvalue weighted by Gasteiger charge is 2.33. The van der Waals surface area contributed by atoms with Crippen LogP contribution in [0.5, 0.6) is 0 Å². The molecule has 2 aromatic rings. The van der Waals surface area contributed by atoms with Crippen molar-refractivity contribution >= 4 is 35.8 Å². The number of piperidine rings is 1. The van der Waals surface area contributed by atoms with Crippen molar-refractivity contribution in [3.63, 3.8) is 0 Å². The van der Waals surface area contributed by atoms with Crippen LogP contribution < -0.4 is 5.32 Å². The fourth-order valence-corrected chi connectivity index (χ4v) is 3.91. The topological polar surface area (TPSA) is 78.7 Å². The van der Waals surface area contributed by atoms with Crippen LogP contribution in [0.25, 0.3) is 11.3 Å². The second kappa shape index (κ2) is 8.94. The van der Waals surface area contributed by atoms with Crippen LogP contribution in [0, 0.1) is 0 Å². The van der Waals surface area contributed by atoms with Crippen LogP contribution in [0.3, 0.4) is 0 Å². The fourth-order valence-electron chi connectivity index (χ4n) is 3.72. The molecular formula is C19H22Cl2N4O3. The number of hydrogen-bond donors (Lipinski definition) is 1. The Balaban J connectivity index is 0.00000225. The molecule has 0 spiro atoms. The number of halogens is 2. The molecule has 2 aliphatic rings. The first-order valence-electron chi connectivity index (χ1n) is 9.14. The number of carbonyl (C=O) groups is 2. The maximum Gasteiger partial charge on any atom is 0.292 e. The molecule has 2 aliphatic heterocycles. The van der Waals surface area contributed by atoms with E-state index in [1.165, 1.54) is 0 Å². The highest BCUT2D eigenvalue weighted by Crippen LogP contribution is 2.24. The van der Waals surface area contributed by atoms with Crippen LogP contribution in [-0.2, 0) is 4.79 Å². The van der Waals surface area contributed by atoms with E-state index in [9.17, 15) is 9.59 Å². The minimum Gasteiger partial charge on any atom is -0.350 e. The van der Waals surface area contributed by atoms with Crippen LogP contribution in [0.2, 0.25) is 5.02 Å². The van der Waals surface area contributed by atoms with Gasteiger partial charge in [0.05, 0.1) is 6.54 Å². The Kier molecular flexibility index (Phi) is 6.59. The molecule has 4 rings (SSSR count). The smallest absolute Gasteiger partial charge is 0.292 e. The summed E-state index contributed by atoms with van der Waals surface area (Å²) in [6.45, 7) is 3.03. The minimum absolute atomic E-state index is 0. The van der Waals surface area contributed by atoms with Gasteiger partial charge in [-0.05, 0) is 25.0 Å². The summed E-state index contributed by atoms with van der Waals surface area (Å²) < 4.78 is 5.30. The molecule has 9 heteroatoms. The summed E-state index contributed by atoms with van der Waals surface area (Å²) >= 11 is 6.02. The molecule has 2 amide bonds. The average molecular weight is 425 g/mol. The Bertz CT molecular complexity index is 857. The summed E-state index contributed by atoms with van der Waals surface area (Å²) in [6.07, 6.45) is 1.78. The number of nitrogens with zero attached hydrogens (tertiary/aromatic N) is 3. The molecule has 0 aliphatic carbocycles. The first-order chi connectivity index (χ1) is 13.1. The number of aromatic nitrogens is 1. The lowest BCUT2D eigenvalue weighted by Gasteiger charge is -2.40. The molecule has 2 fully saturated rings. The third-order valence-corrected chi connectivity index (χ3v) is 5.33. The maximum absolute atomic E-state index is 12.9. The normalized spacial score (nSPS) is 20.0. The van der Waals surface area contributed by atoms with Gasteiger partial charge < -0.3 is 19.6 Å². The number of rotatable bonds is 3. The highest BCUT2D eigenvalue weighted by atomic mass is 35.5. The number of benzene rings is 1. The molecular weight excluding hydrogens is 403 g/mol. The van der Waals surface area contributed by atoms with Gasteiger partial charge in [-0.15, -0.1) is 12.4 Å². The lowest BCUT2D eigenvalue weighted by molar-refractivity contribution is -0.135. The molecule has 3 heterocycles. The van der Waals surface area contributed by atoms with Crippen molar-refractivity contribution in [2.24, 2.45) is 0 Å². The summed E-state index contributed by atoms with van der Waals surface area (Å²) in [5.41, 5.74) is 1.37. The molecule has 0 saturated carbocycles. The molecule has 0 bridgehead atoms. The zero-order valence-corrected chi connectivity index (χ0v) is 16.8. The molecule has 1 atom stereocenters. The average Bonchev–Trinajstić information content (AvgIpc) is 3.18. The van der Waals surface area contributed by atoms with E-state index in [4.69, 9.17) is 16.1 Å². The summed E-state index contributed by atoms with van der Waals surface area (Å²) in [5.74, 6) is 0.115. The summed E-state index contributed by atoms with van der Waals surface area (Å²) in [4.78, 5) is 28.7. The molecule has 1 N–H and O–H groups in total. The predicted molar refractivity (Wildman–Crippen MR) is 108 cm³/mol. The maximum atomic E-state index is 12.9. The van der Waals surface area contributed by atoms with E-state index in [2.05, 4.69) is 10.5 Å². The summed E-state index contributed by atoms with van der Waals surface area (Å²) in [6, 6.07) is 8.96. The van der Waals surface area contributed by atoms with Gasteiger partial charge in [0, 0.05) is 48.9 Å². The van der Waals surface area contributed by atoms with Crippen LogP contribution in [0.4, 0.5) is 0 Å². The predicted octanol–water partition coefficient (Wildman–Crippen LogP) is 2.45. The Hall–Kier alpha value is -2.09. The van der Waals surface area contributed by atoms with Crippen molar-refractivity contribution in [1.82, 2.24) is 20.3 Å². The molecule has 7 nitrogen and oxygen atoms in total. The quantitative estimate of drug-likeness (QED) is 0.818. The van der Waals surface area contributed by atoms with E-state index in [1.807, 2.05) is 17.0 Å². The van der Waals surface area contributed by atoms with Gasteiger partial charge in [-0.3, -0.25) is 9.59 Å². The second-order valence-corrected chi connectivity index (χ2v) is 7.33. The standard InChI is InChI=1S/C19H21ClN4O3.ClH/c20-14-4-1-3-13(9-14)16-10-17(27-22-16)19(26)23-7-2-5-15(12-23)24-8-6-21-11-18(24)25;/h1,3-4,9-10,15,21H,2,5-8,11-12H2;1H. The Labute approximate surface area is 174 Å². The molecule has 150 valence electrons. The molecule has 1 aromatic carbocycles. The third kappa shape index (κ3) is 4.32. The number of likely N-dealkylation sites (tertiary alicyclic amines) is 1. The van der Waals surface area contributed by atoms with Gasteiger partial charge in [-0.1, -0.05) is 28.9 Å². The van der Waals surface area contributed by atoms with Crippen molar-refractivity contribution in [2.45, 2.75) is 18.9 Å². The number of carbonyl (C=O) groups excluding carboxylic acids is 2. The lowest BCUT2D eigenvalue weighted by Crippen LogP contribution is -2.57. The van der Waals surface area contributed by atoms with E-state index in [-0.39, 0.29) is 36.0 Å². The summed E-state index contributed by atoms with van der Waals surface area (Å²) in [5, 5.41) is 7.69. The van der Waals surface area contributed by atoms with Gasteiger partial charge in [0.15, 0.2) is 0 Å². The Morgan fingerprint density at radius 2 is 2.14 bits per heavy atom. The SMILES string of the molecule is Cl.O=C(c1cc(-c2cccc(Cl)c2)no1)N1CCCC(N2CCNCC2=O)C1. The molecule has 1 aromatic heterocycles. The zero-order chi connectivity index (χ0) is 18.8. The van der Waals surface area contributed by atoms with E-state index in [1.54, 1.807) is 23.1 Å². The van der Waals surface area contributed by atoms with Crippen LogP contribution in [-0.4, -0.2) is 65.5 Å². The van der Waals surface area contributed by atoms with E-state index in [0.29, 0.717) is 36.9 Å².